The Bertz CT molecular complexity index is 412. The zero-order chi connectivity index (χ0) is 12.6. The smallest absolute Gasteiger partial charge is 0.307 e. The minimum atomic E-state index is -4.63. The van der Waals surface area contributed by atoms with E-state index in [1.54, 1.807) is 0 Å². The normalized spacial score (nSPS) is 35.3. The Morgan fingerprint density at radius 2 is 1.94 bits per heavy atom. The molecule has 0 aromatic heterocycles. The van der Waals surface area contributed by atoms with Crippen LogP contribution in [0.1, 0.15) is 32.1 Å². The Hall–Kier alpha value is -0.690. The molecule has 2 aliphatic rings. The van der Waals surface area contributed by atoms with Crippen LogP contribution in [-0.2, 0) is 15.0 Å². The topological polar surface area (TPSA) is 80.5 Å². The van der Waals surface area contributed by atoms with E-state index in [1.165, 1.54) is 4.90 Å². The SMILES string of the molecule is N[C@@H]1CCCC[C@@H]1N1CC(S(=O)(=O)F)CC1=O. The van der Waals surface area contributed by atoms with Gasteiger partial charge in [-0.2, -0.15) is 8.42 Å². The first-order valence-electron chi connectivity index (χ1n) is 5.88. The van der Waals surface area contributed by atoms with Gasteiger partial charge in [-0.05, 0) is 12.8 Å². The average Bonchev–Trinajstić information content (AvgIpc) is 2.61. The Labute approximate surface area is 100 Å². The third kappa shape index (κ3) is 2.60. The number of hydrogen-bond donors (Lipinski definition) is 1. The van der Waals surface area contributed by atoms with Crippen LogP contribution in [0, 0.1) is 0 Å². The largest absolute Gasteiger partial charge is 0.337 e. The van der Waals surface area contributed by atoms with Crippen molar-refractivity contribution < 1.29 is 17.1 Å². The molecule has 1 amide bonds. The van der Waals surface area contributed by atoms with Gasteiger partial charge in [-0.25, -0.2) is 0 Å². The molecule has 2 fully saturated rings. The number of rotatable bonds is 2. The quantitative estimate of drug-likeness (QED) is 0.720. The van der Waals surface area contributed by atoms with Gasteiger partial charge in [0.25, 0.3) is 0 Å². The molecule has 1 unspecified atom stereocenters. The highest BCUT2D eigenvalue weighted by atomic mass is 32.3. The summed E-state index contributed by atoms with van der Waals surface area (Å²) in [6.45, 7) is -0.0456. The van der Waals surface area contributed by atoms with Crippen LogP contribution in [0.2, 0.25) is 0 Å². The maximum atomic E-state index is 12.9. The van der Waals surface area contributed by atoms with E-state index in [9.17, 15) is 17.1 Å². The first kappa shape index (κ1) is 12.8. The fraction of sp³-hybridized carbons (Fsp3) is 0.900. The van der Waals surface area contributed by atoms with E-state index in [2.05, 4.69) is 0 Å². The Morgan fingerprint density at radius 3 is 2.47 bits per heavy atom. The van der Waals surface area contributed by atoms with Crippen molar-refractivity contribution in [2.45, 2.75) is 49.4 Å². The molecule has 0 radical (unpaired) electrons. The molecule has 0 spiro atoms. The molecule has 17 heavy (non-hydrogen) atoms. The molecular weight excluding hydrogens is 247 g/mol. The number of nitrogens with zero attached hydrogens (tertiary/aromatic N) is 1. The lowest BCUT2D eigenvalue weighted by atomic mass is 9.90. The highest BCUT2D eigenvalue weighted by molar-refractivity contribution is 7.87. The molecule has 5 nitrogen and oxygen atoms in total. The second kappa shape index (κ2) is 4.53. The highest BCUT2D eigenvalue weighted by Gasteiger charge is 2.42. The predicted molar refractivity (Wildman–Crippen MR) is 60.4 cm³/mol. The van der Waals surface area contributed by atoms with Crippen molar-refractivity contribution in [3.63, 3.8) is 0 Å². The molecule has 98 valence electrons. The lowest BCUT2D eigenvalue weighted by molar-refractivity contribution is -0.130. The molecule has 1 saturated carbocycles. The van der Waals surface area contributed by atoms with E-state index >= 15 is 0 Å². The van der Waals surface area contributed by atoms with Crippen molar-refractivity contribution in [2.24, 2.45) is 5.73 Å². The van der Waals surface area contributed by atoms with Crippen molar-refractivity contribution in [2.75, 3.05) is 6.54 Å². The third-order valence-electron chi connectivity index (χ3n) is 3.70. The van der Waals surface area contributed by atoms with Gasteiger partial charge in [-0.3, -0.25) is 4.79 Å². The first-order valence-corrected chi connectivity index (χ1v) is 7.33. The Morgan fingerprint density at radius 1 is 1.29 bits per heavy atom. The average molecular weight is 264 g/mol. The lowest BCUT2D eigenvalue weighted by Gasteiger charge is -2.35. The predicted octanol–water partition coefficient (Wildman–Crippen LogP) is 0.157. The minimum absolute atomic E-state index is 0.0456. The summed E-state index contributed by atoms with van der Waals surface area (Å²) in [7, 11) is -4.63. The van der Waals surface area contributed by atoms with E-state index in [0.717, 1.165) is 25.7 Å². The number of amides is 1. The molecule has 0 aromatic carbocycles. The number of likely N-dealkylation sites (tertiary alicyclic amines) is 1. The second-order valence-electron chi connectivity index (χ2n) is 4.86. The van der Waals surface area contributed by atoms with Crippen molar-refractivity contribution in [1.29, 1.82) is 0 Å². The summed E-state index contributed by atoms with van der Waals surface area (Å²) < 4.78 is 34.5. The number of hydrogen-bond acceptors (Lipinski definition) is 4. The fourth-order valence-corrected chi connectivity index (χ4v) is 3.41. The molecule has 7 heteroatoms. The Balaban J connectivity index is 2.10. The van der Waals surface area contributed by atoms with E-state index in [4.69, 9.17) is 5.73 Å². The molecule has 1 heterocycles. The standard InChI is InChI=1S/C10H17FN2O3S/c11-17(15,16)7-5-10(14)13(6-7)9-4-2-1-3-8(9)12/h7-9H,1-6,12H2/t7?,8-,9+/m1/s1. The monoisotopic (exact) mass is 264 g/mol. The molecular formula is C10H17FN2O3S. The van der Waals surface area contributed by atoms with Crippen LogP contribution >= 0.6 is 0 Å². The van der Waals surface area contributed by atoms with Gasteiger partial charge in [-0.1, -0.05) is 12.8 Å². The van der Waals surface area contributed by atoms with E-state index < -0.39 is 15.5 Å². The van der Waals surface area contributed by atoms with Gasteiger partial charge in [0.05, 0.1) is 0 Å². The van der Waals surface area contributed by atoms with Crippen molar-refractivity contribution >= 4 is 16.1 Å². The summed E-state index contributed by atoms with van der Waals surface area (Å²) in [5.41, 5.74) is 5.94. The summed E-state index contributed by atoms with van der Waals surface area (Å²) in [5, 5.41) is -1.20. The summed E-state index contributed by atoms with van der Waals surface area (Å²) in [6.07, 6.45) is 3.38. The van der Waals surface area contributed by atoms with E-state index in [0.29, 0.717) is 0 Å². The number of halogens is 1. The summed E-state index contributed by atoms with van der Waals surface area (Å²) in [4.78, 5) is 13.2. The maximum absolute atomic E-state index is 12.9. The van der Waals surface area contributed by atoms with Gasteiger partial charge in [-0.15, -0.1) is 3.89 Å². The van der Waals surface area contributed by atoms with Gasteiger partial charge >= 0.3 is 10.2 Å². The molecule has 3 atom stereocenters. The van der Waals surface area contributed by atoms with Crippen LogP contribution < -0.4 is 5.73 Å². The zero-order valence-electron chi connectivity index (χ0n) is 9.51. The van der Waals surface area contributed by atoms with Gasteiger partial charge in [0.2, 0.25) is 5.91 Å². The fourth-order valence-electron chi connectivity index (χ4n) is 2.73. The number of carbonyl (C=O) groups is 1. The van der Waals surface area contributed by atoms with Crippen LogP contribution in [-0.4, -0.2) is 43.1 Å². The summed E-state index contributed by atoms with van der Waals surface area (Å²) >= 11 is 0. The molecule has 0 aromatic rings. The number of nitrogens with two attached hydrogens (primary N) is 1. The van der Waals surface area contributed by atoms with E-state index in [1.807, 2.05) is 0 Å². The molecule has 1 aliphatic carbocycles. The Kier molecular flexibility index (Phi) is 3.40. The second-order valence-corrected chi connectivity index (χ2v) is 6.48. The van der Waals surface area contributed by atoms with Crippen molar-refractivity contribution in [3.05, 3.63) is 0 Å². The zero-order valence-corrected chi connectivity index (χ0v) is 10.3. The van der Waals surface area contributed by atoms with Crippen LogP contribution in [0.4, 0.5) is 3.89 Å². The van der Waals surface area contributed by atoms with Crippen LogP contribution in [0.5, 0.6) is 0 Å². The van der Waals surface area contributed by atoms with Crippen LogP contribution in [0.25, 0.3) is 0 Å². The lowest BCUT2D eigenvalue weighted by Crippen LogP contribution is -2.50. The maximum Gasteiger partial charge on any atom is 0.307 e. The van der Waals surface area contributed by atoms with Gasteiger partial charge in [0, 0.05) is 25.0 Å². The van der Waals surface area contributed by atoms with Crippen molar-refractivity contribution in [3.8, 4) is 0 Å². The highest BCUT2D eigenvalue weighted by Crippen LogP contribution is 2.28. The van der Waals surface area contributed by atoms with E-state index in [-0.39, 0.29) is 31.0 Å². The van der Waals surface area contributed by atoms with Gasteiger partial charge in [0.15, 0.2) is 0 Å². The summed E-state index contributed by atoms with van der Waals surface area (Å²) in [6, 6.07) is -0.239. The molecule has 1 aliphatic heterocycles. The molecule has 0 bridgehead atoms. The third-order valence-corrected chi connectivity index (χ3v) is 4.82. The molecule has 2 rings (SSSR count). The molecule has 1 saturated heterocycles. The summed E-state index contributed by atoms with van der Waals surface area (Å²) in [5.74, 6) is -0.293. The molecule has 2 N–H and O–H groups in total. The van der Waals surface area contributed by atoms with Crippen molar-refractivity contribution in [1.82, 2.24) is 4.90 Å². The first-order chi connectivity index (χ1) is 7.89. The minimum Gasteiger partial charge on any atom is -0.337 e. The van der Waals surface area contributed by atoms with Crippen LogP contribution in [0.3, 0.4) is 0 Å². The number of carbonyl (C=O) groups excluding carboxylic acids is 1. The van der Waals surface area contributed by atoms with Gasteiger partial charge < -0.3 is 10.6 Å². The van der Waals surface area contributed by atoms with Gasteiger partial charge in [0.1, 0.15) is 5.25 Å². The van der Waals surface area contributed by atoms with Crippen LogP contribution in [0.15, 0.2) is 0 Å².